The van der Waals surface area contributed by atoms with E-state index < -0.39 is 28.6 Å². The van der Waals surface area contributed by atoms with Crippen molar-refractivity contribution >= 4 is 39.9 Å². The molecule has 1 aromatic heterocycles. The van der Waals surface area contributed by atoms with Crippen LogP contribution in [0.2, 0.25) is 5.02 Å². The van der Waals surface area contributed by atoms with E-state index in [1.165, 1.54) is 0 Å². The highest BCUT2D eigenvalue weighted by molar-refractivity contribution is 6.31. The van der Waals surface area contributed by atoms with E-state index in [1.807, 2.05) is 59.5 Å². The first-order chi connectivity index (χ1) is 16.9. The van der Waals surface area contributed by atoms with E-state index in [4.69, 9.17) is 11.6 Å². The second-order valence-corrected chi connectivity index (χ2v) is 9.63. The number of Topliss-reactive ketones (excluding diaryl/α,β-unsaturated/α-hetero) is 1. The average molecular weight is 481 g/mol. The lowest BCUT2D eigenvalue weighted by atomic mass is 9.58. The number of aromatic nitrogens is 1. The molecular formula is C28H21ClN4O2. The molecule has 7 heteroatoms. The molecule has 3 heterocycles. The highest BCUT2D eigenvalue weighted by atomic mass is 35.5. The molecular weight excluding hydrogens is 460 g/mol. The van der Waals surface area contributed by atoms with Gasteiger partial charge in [-0.05, 0) is 36.9 Å². The van der Waals surface area contributed by atoms with E-state index >= 15 is 0 Å². The number of nitrogens with one attached hydrogen (secondary N) is 2. The number of amides is 1. The predicted octanol–water partition coefficient (Wildman–Crippen LogP) is 5.09. The Balaban J connectivity index is 1.70. The van der Waals surface area contributed by atoms with Crippen LogP contribution >= 0.6 is 11.6 Å². The first kappa shape index (κ1) is 21.6. The molecule has 1 fully saturated rings. The summed E-state index contributed by atoms with van der Waals surface area (Å²) in [6, 6.07) is 24.5. The Kier molecular flexibility index (Phi) is 4.65. The molecule has 2 aliphatic heterocycles. The van der Waals surface area contributed by atoms with E-state index in [9.17, 15) is 14.9 Å². The van der Waals surface area contributed by atoms with Gasteiger partial charge in [-0.15, -0.1) is 0 Å². The van der Waals surface area contributed by atoms with Crippen molar-refractivity contribution in [2.45, 2.75) is 11.5 Å². The predicted molar refractivity (Wildman–Crippen MR) is 134 cm³/mol. The molecule has 2 N–H and O–H groups in total. The van der Waals surface area contributed by atoms with Gasteiger partial charge in [0.05, 0.1) is 6.07 Å². The number of hydrogen-bond donors (Lipinski definition) is 2. The lowest BCUT2D eigenvalue weighted by Crippen LogP contribution is -2.58. The minimum atomic E-state index is -1.76. The number of fused-ring (bicyclic) bond motifs is 3. The van der Waals surface area contributed by atoms with Crippen molar-refractivity contribution in [2.24, 2.45) is 5.41 Å². The Morgan fingerprint density at radius 1 is 1.11 bits per heavy atom. The SMILES string of the molecule is CN1CC(c2ccccc2)C(C#N)(C(=O)c2c[nH]c3ccccc23)C12C(=O)Nc1ccc(Cl)cc12. The Morgan fingerprint density at radius 3 is 2.63 bits per heavy atom. The molecule has 0 saturated carbocycles. The number of nitrogens with zero attached hydrogens (tertiary/aromatic N) is 2. The Hall–Kier alpha value is -3.92. The van der Waals surface area contributed by atoms with Crippen molar-refractivity contribution in [2.75, 3.05) is 18.9 Å². The molecule has 3 aromatic carbocycles. The number of aromatic amines is 1. The van der Waals surface area contributed by atoms with Crippen LogP contribution in [0.5, 0.6) is 0 Å². The Bertz CT molecular complexity index is 1560. The van der Waals surface area contributed by atoms with Gasteiger partial charge in [-0.3, -0.25) is 14.5 Å². The summed E-state index contributed by atoms with van der Waals surface area (Å²) in [6.07, 6.45) is 1.64. The number of ketones is 1. The Morgan fingerprint density at radius 2 is 1.86 bits per heavy atom. The van der Waals surface area contributed by atoms with E-state index in [1.54, 1.807) is 31.4 Å². The number of likely N-dealkylation sites (N-methyl/N-ethyl adjacent to an activating group) is 1. The van der Waals surface area contributed by atoms with Crippen LogP contribution in [0.4, 0.5) is 5.69 Å². The maximum atomic E-state index is 14.7. The minimum absolute atomic E-state index is 0.338. The van der Waals surface area contributed by atoms with E-state index in [-0.39, 0.29) is 0 Å². The van der Waals surface area contributed by atoms with Crippen LogP contribution in [-0.2, 0) is 10.3 Å². The van der Waals surface area contributed by atoms with Gasteiger partial charge in [0.25, 0.3) is 5.91 Å². The molecule has 1 saturated heterocycles. The summed E-state index contributed by atoms with van der Waals surface area (Å²) in [6.45, 7) is 0.338. The highest BCUT2D eigenvalue weighted by Gasteiger charge is 2.74. The number of anilines is 1. The second-order valence-electron chi connectivity index (χ2n) is 9.20. The third kappa shape index (κ3) is 2.62. The van der Waals surface area contributed by atoms with Crippen molar-refractivity contribution in [3.8, 4) is 6.07 Å². The molecule has 3 atom stereocenters. The average Bonchev–Trinajstić information content (AvgIpc) is 3.52. The van der Waals surface area contributed by atoms with Crippen LogP contribution in [0.15, 0.2) is 79.0 Å². The van der Waals surface area contributed by atoms with Gasteiger partial charge in [-0.1, -0.05) is 60.1 Å². The molecule has 1 spiro atoms. The summed E-state index contributed by atoms with van der Waals surface area (Å²) < 4.78 is 0. The van der Waals surface area contributed by atoms with Crippen LogP contribution < -0.4 is 5.32 Å². The summed E-state index contributed by atoms with van der Waals surface area (Å²) in [5.41, 5.74) is -0.196. The third-order valence-corrected chi connectivity index (χ3v) is 7.88. The van der Waals surface area contributed by atoms with Gasteiger partial charge in [-0.2, -0.15) is 5.26 Å². The Labute approximate surface area is 207 Å². The van der Waals surface area contributed by atoms with Gasteiger partial charge in [0.15, 0.2) is 16.7 Å². The van der Waals surface area contributed by atoms with Crippen molar-refractivity contribution in [3.63, 3.8) is 0 Å². The minimum Gasteiger partial charge on any atom is -0.360 e. The lowest BCUT2D eigenvalue weighted by molar-refractivity contribution is -0.128. The zero-order valence-corrected chi connectivity index (χ0v) is 19.6. The summed E-state index contributed by atoms with van der Waals surface area (Å²) in [5, 5.41) is 15.1. The van der Waals surface area contributed by atoms with Crippen LogP contribution in [-0.4, -0.2) is 35.2 Å². The summed E-state index contributed by atoms with van der Waals surface area (Å²) in [7, 11) is 1.80. The van der Waals surface area contributed by atoms with Gasteiger partial charge >= 0.3 is 0 Å². The van der Waals surface area contributed by atoms with Gasteiger partial charge in [-0.25, -0.2) is 0 Å². The molecule has 0 radical (unpaired) electrons. The van der Waals surface area contributed by atoms with Crippen LogP contribution in [0.1, 0.15) is 27.4 Å². The molecule has 0 bridgehead atoms. The first-order valence-corrected chi connectivity index (χ1v) is 11.7. The van der Waals surface area contributed by atoms with Crippen molar-refractivity contribution in [1.82, 2.24) is 9.88 Å². The fourth-order valence-corrected chi connectivity index (χ4v) is 6.35. The molecule has 6 nitrogen and oxygen atoms in total. The number of rotatable bonds is 3. The fraction of sp³-hybridized carbons (Fsp3) is 0.179. The van der Waals surface area contributed by atoms with E-state index in [0.29, 0.717) is 33.8 Å². The topological polar surface area (TPSA) is 89.0 Å². The van der Waals surface area contributed by atoms with Crippen LogP contribution in [0.3, 0.4) is 0 Å². The molecule has 35 heavy (non-hydrogen) atoms. The number of hydrogen-bond acceptors (Lipinski definition) is 4. The zero-order chi connectivity index (χ0) is 24.4. The smallest absolute Gasteiger partial charge is 0.251 e. The van der Waals surface area contributed by atoms with Gasteiger partial charge in [0.1, 0.15) is 0 Å². The largest absolute Gasteiger partial charge is 0.360 e. The quantitative estimate of drug-likeness (QED) is 0.400. The summed E-state index contributed by atoms with van der Waals surface area (Å²) in [4.78, 5) is 33.7. The number of halogens is 1. The molecule has 0 aliphatic carbocycles. The fourth-order valence-electron chi connectivity index (χ4n) is 6.18. The van der Waals surface area contributed by atoms with Crippen molar-refractivity contribution in [1.29, 1.82) is 5.26 Å². The number of likely N-dealkylation sites (tertiary alicyclic amines) is 1. The monoisotopic (exact) mass is 480 g/mol. The first-order valence-electron chi connectivity index (χ1n) is 11.3. The molecule has 4 aromatic rings. The van der Waals surface area contributed by atoms with Crippen molar-refractivity contribution in [3.05, 3.63) is 101 Å². The maximum Gasteiger partial charge on any atom is 0.251 e. The normalized spacial score (nSPS) is 25.5. The molecule has 3 unspecified atom stereocenters. The number of H-pyrrole nitrogens is 1. The van der Waals surface area contributed by atoms with E-state index in [2.05, 4.69) is 16.4 Å². The van der Waals surface area contributed by atoms with Crippen molar-refractivity contribution < 1.29 is 9.59 Å². The number of carbonyl (C=O) groups excluding carboxylic acids is 2. The molecule has 172 valence electrons. The molecule has 2 aliphatic rings. The number of nitriles is 1. The zero-order valence-electron chi connectivity index (χ0n) is 18.9. The van der Waals surface area contributed by atoms with Crippen LogP contribution in [0, 0.1) is 16.7 Å². The van der Waals surface area contributed by atoms with Gasteiger partial charge < -0.3 is 10.3 Å². The molecule has 6 rings (SSSR count). The maximum absolute atomic E-state index is 14.7. The number of carbonyl (C=O) groups is 2. The summed E-state index contributed by atoms with van der Waals surface area (Å²) in [5.74, 6) is -1.35. The lowest BCUT2D eigenvalue weighted by Gasteiger charge is -2.41. The number of para-hydroxylation sites is 1. The van der Waals surface area contributed by atoms with Crippen LogP contribution in [0.25, 0.3) is 10.9 Å². The van der Waals surface area contributed by atoms with Gasteiger partial charge in [0, 0.05) is 51.4 Å². The van der Waals surface area contributed by atoms with Gasteiger partial charge in [0.2, 0.25) is 0 Å². The standard InChI is InChI=1S/C28H21ClN4O2/c1-33-15-22(17-7-3-2-4-8-17)27(16-30,25(34)20-14-31-23-10-6-5-9-19(20)23)28(33)21-13-18(29)11-12-24(21)32-26(28)35/h2-14,22,31H,15H2,1H3,(H,32,35). The summed E-state index contributed by atoms with van der Waals surface area (Å²) >= 11 is 6.40. The number of benzene rings is 3. The third-order valence-electron chi connectivity index (χ3n) is 7.64. The van der Waals surface area contributed by atoms with E-state index in [0.717, 1.165) is 11.1 Å². The molecule has 1 amide bonds. The highest BCUT2D eigenvalue weighted by Crippen LogP contribution is 2.63. The second kappa shape index (κ2) is 7.54.